The Hall–Kier alpha value is -2.65. The molecule has 0 aromatic heterocycles. The van der Waals surface area contributed by atoms with Gasteiger partial charge in [0.1, 0.15) is 10.6 Å². The number of nitrogens with one attached hydrogen (secondary N) is 1. The van der Waals surface area contributed by atoms with Crippen LogP contribution in [0.1, 0.15) is 23.6 Å². The molecule has 7 nitrogen and oxygen atoms in total. The molecule has 1 aliphatic rings. The molecule has 2 aromatic carbocycles. The smallest absolute Gasteiger partial charge is 0.339 e. The van der Waals surface area contributed by atoms with Crippen LogP contribution in [-0.2, 0) is 14.9 Å². The lowest BCUT2D eigenvalue weighted by Gasteiger charge is -2.10. The molecule has 1 fully saturated rings. The summed E-state index contributed by atoms with van der Waals surface area (Å²) >= 11 is 1.29. The van der Waals surface area contributed by atoms with Crippen molar-refractivity contribution in [2.24, 2.45) is 10.2 Å². The molecular weight excluding hydrogens is 398 g/mol. The van der Waals surface area contributed by atoms with Crippen molar-refractivity contribution in [3.8, 4) is 5.75 Å². The number of aryl methyl sites for hydroxylation is 2. The van der Waals surface area contributed by atoms with Crippen molar-refractivity contribution in [1.29, 1.82) is 0 Å². The van der Waals surface area contributed by atoms with Gasteiger partial charge in [-0.2, -0.15) is 13.5 Å². The van der Waals surface area contributed by atoms with E-state index in [1.165, 1.54) is 18.0 Å². The zero-order valence-corrected chi connectivity index (χ0v) is 17.2. The molecule has 1 aliphatic heterocycles. The maximum Gasteiger partial charge on any atom is 0.339 e. The molecule has 9 heteroatoms. The Balaban J connectivity index is 1.76. The fourth-order valence-corrected chi connectivity index (χ4v) is 4.44. The summed E-state index contributed by atoms with van der Waals surface area (Å²) in [6, 6.07) is 11.7. The van der Waals surface area contributed by atoms with Gasteiger partial charge in [0.05, 0.1) is 11.5 Å². The van der Waals surface area contributed by atoms with Crippen molar-refractivity contribution in [3.05, 3.63) is 59.2 Å². The minimum absolute atomic E-state index is 0.106. The van der Waals surface area contributed by atoms with Gasteiger partial charge in [-0.3, -0.25) is 4.79 Å². The lowest BCUT2D eigenvalue weighted by molar-refractivity contribution is -0.118. The molecule has 146 valence electrons. The standard InChI is InChI=1S/C19H19N3O4S2/c1-12-7-8-13(2)17(9-12)28(24,25)26-16-6-4-5-15(10-16)11-20-22-19-21-18(23)14(3)27-19/h4-11,14H,1-3H3,(H,21,22,23)/b20-11-/t14-/m1/s1. The van der Waals surface area contributed by atoms with Crippen LogP contribution >= 0.6 is 11.8 Å². The summed E-state index contributed by atoms with van der Waals surface area (Å²) in [5, 5.41) is 10.7. The summed E-state index contributed by atoms with van der Waals surface area (Å²) in [4.78, 5) is 11.6. The largest absolute Gasteiger partial charge is 0.379 e. The van der Waals surface area contributed by atoms with Gasteiger partial charge in [-0.25, -0.2) is 0 Å². The second-order valence-corrected chi connectivity index (χ2v) is 9.12. The first kappa shape index (κ1) is 20.1. The molecule has 1 atom stereocenters. The highest BCUT2D eigenvalue weighted by atomic mass is 32.2. The molecule has 1 heterocycles. The topological polar surface area (TPSA) is 97.2 Å². The molecule has 2 aromatic rings. The summed E-state index contributed by atoms with van der Waals surface area (Å²) in [5.41, 5.74) is 2.06. The van der Waals surface area contributed by atoms with Crippen LogP contribution in [0.3, 0.4) is 0 Å². The Labute approximate surface area is 168 Å². The van der Waals surface area contributed by atoms with Gasteiger partial charge in [0.15, 0.2) is 5.17 Å². The lowest BCUT2D eigenvalue weighted by Crippen LogP contribution is -2.23. The highest BCUT2D eigenvalue weighted by molar-refractivity contribution is 8.15. The molecule has 1 N–H and O–H groups in total. The number of amides is 1. The van der Waals surface area contributed by atoms with Crippen molar-refractivity contribution in [2.45, 2.75) is 30.9 Å². The number of rotatable bonds is 5. The molecule has 3 rings (SSSR count). The van der Waals surface area contributed by atoms with Gasteiger partial charge in [-0.1, -0.05) is 36.0 Å². The minimum Gasteiger partial charge on any atom is -0.379 e. The van der Waals surface area contributed by atoms with Crippen LogP contribution < -0.4 is 9.50 Å². The third kappa shape index (κ3) is 4.79. The lowest BCUT2D eigenvalue weighted by atomic mass is 10.2. The van der Waals surface area contributed by atoms with Crippen LogP contribution in [0, 0.1) is 13.8 Å². The van der Waals surface area contributed by atoms with Crippen LogP contribution in [0.4, 0.5) is 0 Å². The third-order valence-electron chi connectivity index (χ3n) is 3.92. The first-order valence-corrected chi connectivity index (χ1v) is 10.7. The van der Waals surface area contributed by atoms with E-state index in [0.717, 1.165) is 5.56 Å². The molecule has 0 spiro atoms. The summed E-state index contributed by atoms with van der Waals surface area (Å²) in [5.74, 6) is 0.0701. The molecule has 28 heavy (non-hydrogen) atoms. The molecule has 0 unspecified atom stereocenters. The van der Waals surface area contributed by atoms with Gasteiger partial charge in [0, 0.05) is 0 Å². The van der Waals surface area contributed by atoms with Crippen molar-refractivity contribution in [2.75, 3.05) is 0 Å². The molecule has 0 bridgehead atoms. The fourth-order valence-electron chi connectivity index (χ4n) is 2.45. The van der Waals surface area contributed by atoms with E-state index < -0.39 is 10.1 Å². The summed E-state index contributed by atoms with van der Waals surface area (Å²) in [6.45, 7) is 5.32. The summed E-state index contributed by atoms with van der Waals surface area (Å²) in [6.07, 6.45) is 1.46. The second kappa shape index (κ2) is 8.15. The number of nitrogens with zero attached hydrogens (tertiary/aromatic N) is 2. The van der Waals surface area contributed by atoms with Crippen LogP contribution in [0.2, 0.25) is 0 Å². The normalized spacial score (nSPS) is 18.6. The van der Waals surface area contributed by atoms with Gasteiger partial charge in [0.2, 0.25) is 5.91 Å². The van der Waals surface area contributed by atoms with Gasteiger partial charge in [-0.15, -0.1) is 5.10 Å². The molecule has 1 amide bonds. The Morgan fingerprint density at radius 1 is 1.18 bits per heavy atom. The second-order valence-electron chi connectivity index (χ2n) is 6.28. The maximum atomic E-state index is 12.6. The van der Waals surface area contributed by atoms with E-state index in [1.54, 1.807) is 50.2 Å². The van der Waals surface area contributed by atoms with E-state index >= 15 is 0 Å². The quantitative estimate of drug-likeness (QED) is 0.458. The van der Waals surface area contributed by atoms with Crippen LogP contribution in [0.5, 0.6) is 5.75 Å². The molecule has 0 radical (unpaired) electrons. The van der Waals surface area contributed by atoms with Gasteiger partial charge < -0.3 is 9.50 Å². The number of carbonyl (C=O) groups excluding carboxylic acids is 1. The predicted molar refractivity (Wildman–Crippen MR) is 110 cm³/mol. The third-order valence-corrected chi connectivity index (χ3v) is 6.29. The molecule has 0 aliphatic carbocycles. The van der Waals surface area contributed by atoms with Crippen molar-refractivity contribution in [1.82, 2.24) is 5.32 Å². The zero-order chi connectivity index (χ0) is 20.3. The summed E-state index contributed by atoms with van der Waals surface area (Å²) in [7, 11) is -3.95. The first-order valence-electron chi connectivity index (χ1n) is 8.45. The summed E-state index contributed by atoms with van der Waals surface area (Å²) < 4.78 is 30.5. The highest BCUT2D eigenvalue weighted by Crippen LogP contribution is 2.23. The van der Waals surface area contributed by atoms with E-state index in [9.17, 15) is 13.2 Å². The zero-order valence-electron chi connectivity index (χ0n) is 15.5. The number of benzene rings is 2. The molecule has 1 saturated heterocycles. The van der Waals surface area contributed by atoms with Crippen molar-refractivity contribution >= 4 is 39.2 Å². The van der Waals surface area contributed by atoms with E-state index in [2.05, 4.69) is 15.5 Å². The number of thioether (sulfide) groups is 1. The number of amidine groups is 1. The van der Waals surface area contributed by atoms with Crippen LogP contribution in [-0.4, -0.2) is 31.0 Å². The molecular formula is C19H19N3O4S2. The van der Waals surface area contributed by atoms with Gasteiger partial charge in [0.25, 0.3) is 0 Å². The van der Waals surface area contributed by atoms with Gasteiger partial charge >= 0.3 is 10.1 Å². The van der Waals surface area contributed by atoms with E-state index in [1.807, 2.05) is 13.0 Å². The average Bonchev–Trinajstić information content (AvgIpc) is 2.95. The Bertz CT molecular complexity index is 1080. The number of hydrogen-bond donors (Lipinski definition) is 1. The van der Waals surface area contributed by atoms with Crippen molar-refractivity contribution in [3.63, 3.8) is 0 Å². The van der Waals surface area contributed by atoms with Crippen LogP contribution in [0.15, 0.2) is 57.6 Å². The monoisotopic (exact) mass is 417 g/mol. The van der Waals surface area contributed by atoms with Gasteiger partial charge in [-0.05, 0) is 55.7 Å². The SMILES string of the molecule is Cc1ccc(C)c(S(=O)(=O)Oc2cccc(/C=N\N=C3\NC(=O)[C@@H](C)S3)c2)c1. The van der Waals surface area contributed by atoms with E-state index in [0.29, 0.717) is 16.3 Å². The number of hydrogen-bond acceptors (Lipinski definition) is 7. The fraction of sp³-hybridized carbons (Fsp3) is 0.211. The average molecular weight is 418 g/mol. The Morgan fingerprint density at radius 3 is 2.68 bits per heavy atom. The van der Waals surface area contributed by atoms with Crippen molar-refractivity contribution < 1.29 is 17.4 Å². The number of carbonyl (C=O) groups is 1. The molecule has 0 saturated carbocycles. The Kier molecular flexibility index (Phi) is 5.85. The van der Waals surface area contributed by atoms with Crippen LogP contribution in [0.25, 0.3) is 0 Å². The Morgan fingerprint density at radius 2 is 1.96 bits per heavy atom. The first-order chi connectivity index (χ1) is 13.2. The minimum atomic E-state index is -3.95. The highest BCUT2D eigenvalue weighted by Gasteiger charge is 2.25. The predicted octanol–water partition coefficient (Wildman–Crippen LogP) is 3.01. The van der Waals surface area contributed by atoms with E-state index in [-0.39, 0.29) is 21.8 Å². The maximum absolute atomic E-state index is 12.6. The van der Waals surface area contributed by atoms with E-state index in [4.69, 9.17) is 4.18 Å².